The number of rotatable bonds is 4. The van der Waals surface area contributed by atoms with E-state index in [-0.39, 0.29) is 0 Å². The molecule has 0 saturated heterocycles. The Labute approximate surface area is 106 Å². The monoisotopic (exact) mass is 265 g/mol. The van der Waals surface area contributed by atoms with Crippen molar-refractivity contribution >= 4 is 32.1 Å². The molecule has 6 heteroatoms. The highest BCUT2D eigenvalue weighted by Crippen LogP contribution is 2.35. The lowest BCUT2D eigenvalue weighted by atomic mass is 10.4. The molecule has 0 atom stereocenters. The molecular formula is C11H11N3OS2. The van der Waals surface area contributed by atoms with Gasteiger partial charge in [-0.05, 0) is 24.1 Å². The Kier molecular flexibility index (Phi) is 2.92. The van der Waals surface area contributed by atoms with Gasteiger partial charge in [0.05, 0.1) is 11.4 Å². The van der Waals surface area contributed by atoms with Gasteiger partial charge in [0, 0.05) is 9.40 Å². The molecule has 0 saturated carbocycles. The van der Waals surface area contributed by atoms with Gasteiger partial charge in [-0.25, -0.2) is 0 Å². The number of thiophene rings is 2. The normalized spacial score (nSPS) is 11.4. The third-order valence-electron chi connectivity index (χ3n) is 2.34. The van der Waals surface area contributed by atoms with Gasteiger partial charge in [0.15, 0.2) is 0 Å². The summed E-state index contributed by atoms with van der Waals surface area (Å²) in [5.74, 6) is 1.25. The Morgan fingerprint density at radius 2 is 2.29 bits per heavy atom. The first-order chi connectivity index (χ1) is 8.36. The second-order valence-electron chi connectivity index (χ2n) is 3.54. The topological polar surface area (TPSA) is 51.0 Å². The molecule has 3 aromatic heterocycles. The summed E-state index contributed by atoms with van der Waals surface area (Å²) in [6.07, 6.45) is 0. The van der Waals surface area contributed by atoms with Crippen LogP contribution in [0.4, 0.5) is 0 Å². The molecule has 0 unspecified atom stereocenters. The molecule has 0 spiro atoms. The van der Waals surface area contributed by atoms with Crippen LogP contribution in [0.1, 0.15) is 12.8 Å². The van der Waals surface area contributed by atoms with Crippen LogP contribution in [0.5, 0.6) is 0 Å². The van der Waals surface area contributed by atoms with Crippen LogP contribution in [-0.2, 0) is 6.54 Å². The molecule has 0 fully saturated rings. The number of fused-ring (bicyclic) bond motifs is 1. The van der Waals surface area contributed by atoms with Crippen molar-refractivity contribution in [2.75, 3.05) is 6.54 Å². The molecule has 0 aliphatic heterocycles. The second-order valence-corrected chi connectivity index (χ2v) is 5.57. The lowest BCUT2D eigenvalue weighted by Gasteiger charge is -1.93. The minimum Gasteiger partial charge on any atom is -0.419 e. The van der Waals surface area contributed by atoms with E-state index in [9.17, 15) is 0 Å². The zero-order valence-electron chi connectivity index (χ0n) is 9.27. The van der Waals surface area contributed by atoms with Crippen LogP contribution in [-0.4, -0.2) is 16.7 Å². The number of nitrogens with zero attached hydrogens (tertiary/aromatic N) is 2. The van der Waals surface area contributed by atoms with Crippen LogP contribution in [0.15, 0.2) is 21.9 Å². The van der Waals surface area contributed by atoms with E-state index in [1.807, 2.05) is 6.92 Å². The fourth-order valence-electron chi connectivity index (χ4n) is 1.53. The molecule has 17 heavy (non-hydrogen) atoms. The van der Waals surface area contributed by atoms with Gasteiger partial charge in [0.1, 0.15) is 0 Å². The van der Waals surface area contributed by atoms with Gasteiger partial charge in [-0.1, -0.05) is 6.92 Å². The van der Waals surface area contributed by atoms with Gasteiger partial charge in [-0.15, -0.1) is 32.9 Å². The van der Waals surface area contributed by atoms with Crippen LogP contribution in [0.25, 0.3) is 20.2 Å². The summed E-state index contributed by atoms with van der Waals surface area (Å²) >= 11 is 3.42. The van der Waals surface area contributed by atoms with Crippen LogP contribution in [0, 0.1) is 0 Å². The number of aromatic nitrogens is 2. The van der Waals surface area contributed by atoms with Crippen molar-refractivity contribution in [2.24, 2.45) is 0 Å². The van der Waals surface area contributed by atoms with Crippen molar-refractivity contribution in [3.8, 4) is 10.8 Å². The van der Waals surface area contributed by atoms with Crippen LogP contribution in [0.2, 0.25) is 0 Å². The summed E-state index contributed by atoms with van der Waals surface area (Å²) in [6, 6.07) is 4.22. The van der Waals surface area contributed by atoms with Crippen LogP contribution < -0.4 is 5.32 Å². The molecule has 3 heterocycles. The Bertz CT molecular complexity index is 597. The zero-order valence-corrected chi connectivity index (χ0v) is 10.9. The lowest BCUT2D eigenvalue weighted by molar-refractivity contribution is 0.483. The standard InChI is InChI=1S/C11H11N3OS2/c1-2-12-6-10-13-14-11(15-10)9-5-8-7(17-9)3-4-16-8/h3-5,12H,2,6H2,1H3. The van der Waals surface area contributed by atoms with E-state index in [2.05, 4.69) is 33.0 Å². The summed E-state index contributed by atoms with van der Waals surface area (Å²) in [5, 5.41) is 13.3. The summed E-state index contributed by atoms with van der Waals surface area (Å²) in [7, 11) is 0. The molecule has 0 radical (unpaired) electrons. The first kappa shape index (κ1) is 10.9. The Hall–Kier alpha value is -1.24. The fraction of sp³-hybridized carbons (Fsp3) is 0.273. The van der Waals surface area contributed by atoms with Crippen molar-refractivity contribution in [3.63, 3.8) is 0 Å². The molecule has 0 aromatic carbocycles. The third kappa shape index (κ3) is 2.11. The zero-order chi connectivity index (χ0) is 11.7. The molecule has 4 nitrogen and oxygen atoms in total. The molecule has 3 rings (SSSR count). The summed E-state index contributed by atoms with van der Waals surface area (Å²) in [4.78, 5) is 1.04. The number of nitrogens with one attached hydrogen (secondary N) is 1. The average Bonchev–Trinajstić information content (AvgIpc) is 3.00. The predicted octanol–water partition coefficient (Wildman–Crippen LogP) is 3.12. The smallest absolute Gasteiger partial charge is 0.257 e. The van der Waals surface area contributed by atoms with E-state index in [0.717, 1.165) is 11.4 Å². The van der Waals surface area contributed by atoms with Gasteiger partial charge < -0.3 is 9.73 Å². The Morgan fingerprint density at radius 1 is 1.35 bits per heavy atom. The van der Waals surface area contributed by atoms with E-state index < -0.39 is 0 Å². The first-order valence-electron chi connectivity index (χ1n) is 5.37. The van der Waals surface area contributed by atoms with E-state index in [4.69, 9.17) is 4.42 Å². The summed E-state index contributed by atoms with van der Waals surface area (Å²) in [6.45, 7) is 3.57. The van der Waals surface area contributed by atoms with Gasteiger partial charge >= 0.3 is 0 Å². The fourth-order valence-corrected chi connectivity index (χ4v) is 3.56. The first-order valence-corrected chi connectivity index (χ1v) is 7.07. The van der Waals surface area contributed by atoms with E-state index in [1.54, 1.807) is 22.7 Å². The molecule has 0 aliphatic rings. The van der Waals surface area contributed by atoms with Crippen LogP contribution in [0.3, 0.4) is 0 Å². The maximum absolute atomic E-state index is 5.60. The van der Waals surface area contributed by atoms with Gasteiger partial charge in [0.2, 0.25) is 5.89 Å². The van der Waals surface area contributed by atoms with E-state index >= 15 is 0 Å². The van der Waals surface area contributed by atoms with Crippen LogP contribution >= 0.6 is 22.7 Å². The van der Waals surface area contributed by atoms with Crippen molar-refractivity contribution in [1.82, 2.24) is 15.5 Å². The van der Waals surface area contributed by atoms with E-state index in [1.165, 1.54) is 9.40 Å². The highest BCUT2D eigenvalue weighted by molar-refractivity contribution is 7.28. The largest absolute Gasteiger partial charge is 0.419 e. The molecule has 1 N–H and O–H groups in total. The van der Waals surface area contributed by atoms with Crippen molar-refractivity contribution in [2.45, 2.75) is 13.5 Å². The molecule has 0 amide bonds. The SMILES string of the molecule is CCNCc1nnc(-c2cc3sccc3s2)o1. The quantitative estimate of drug-likeness (QED) is 0.787. The lowest BCUT2D eigenvalue weighted by Crippen LogP contribution is -2.11. The average molecular weight is 265 g/mol. The van der Waals surface area contributed by atoms with Crippen molar-refractivity contribution in [1.29, 1.82) is 0 Å². The number of hydrogen-bond acceptors (Lipinski definition) is 6. The molecule has 0 aliphatic carbocycles. The molecule has 0 bridgehead atoms. The Morgan fingerprint density at radius 3 is 3.12 bits per heavy atom. The minimum absolute atomic E-state index is 0.617. The highest BCUT2D eigenvalue weighted by Gasteiger charge is 2.11. The maximum atomic E-state index is 5.60. The summed E-state index contributed by atoms with van der Waals surface area (Å²) < 4.78 is 8.15. The molecular weight excluding hydrogens is 254 g/mol. The number of hydrogen-bond donors (Lipinski definition) is 1. The second kappa shape index (κ2) is 4.56. The van der Waals surface area contributed by atoms with Gasteiger partial charge in [-0.3, -0.25) is 0 Å². The summed E-state index contributed by atoms with van der Waals surface area (Å²) in [5.41, 5.74) is 0. The minimum atomic E-state index is 0.617. The van der Waals surface area contributed by atoms with Gasteiger partial charge in [-0.2, -0.15) is 0 Å². The molecule has 88 valence electrons. The maximum Gasteiger partial charge on any atom is 0.257 e. The van der Waals surface area contributed by atoms with Crippen molar-refractivity contribution in [3.05, 3.63) is 23.4 Å². The van der Waals surface area contributed by atoms with Crippen molar-refractivity contribution < 1.29 is 4.42 Å². The Balaban J connectivity index is 1.88. The highest BCUT2D eigenvalue weighted by atomic mass is 32.1. The van der Waals surface area contributed by atoms with E-state index in [0.29, 0.717) is 18.3 Å². The third-order valence-corrected chi connectivity index (χ3v) is 4.42. The van der Waals surface area contributed by atoms with Gasteiger partial charge in [0.25, 0.3) is 5.89 Å². The predicted molar refractivity (Wildman–Crippen MR) is 70.4 cm³/mol. The molecule has 3 aromatic rings.